The van der Waals surface area contributed by atoms with Crippen molar-refractivity contribution in [2.75, 3.05) is 25.4 Å². The SMILES string of the molecule is Nc1ncnc2c1c(-c1ccc(Oc3ccccc3)cc1)nn2C1CCCN(S(=O)(=O)c2c(F)c(F)c(F)c(F)c2OCC(F)(F)F)C1. The fourth-order valence-corrected chi connectivity index (χ4v) is 7.03. The zero-order valence-electron chi connectivity index (χ0n) is 24.4. The Morgan fingerprint density at radius 2 is 1.56 bits per heavy atom. The molecule has 0 spiro atoms. The molecule has 2 N–H and O–H groups in total. The van der Waals surface area contributed by atoms with Crippen molar-refractivity contribution < 1.29 is 48.6 Å². The van der Waals surface area contributed by atoms with E-state index >= 15 is 0 Å². The maximum Gasteiger partial charge on any atom is 0.422 e. The van der Waals surface area contributed by atoms with E-state index in [0.29, 0.717) is 32.4 Å². The summed E-state index contributed by atoms with van der Waals surface area (Å²) in [6.45, 7) is -3.13. The highest BCUT2D eigenvalue weighted by Gasteiger charge is 2.41. The second kappa shape index (κ2) is 12.6. The Labute approximate surface area is 267 Å². The standard InChI is InChI=1S/C30H23F7N6O4S/c31-21-22(32)24(34)27(26(23(21)33)46-14-30(35,36)37)48(44,45)42-12-4-5-17(13-42)43-29-20(28(38)39-15-40-29)25(41-43)16-8-10-19(11-9-16)47-18-6-2-1-3-7-18/h1-3,6-11,15,17H,4-5,12-14H2,(H2,38,39,40). The summed E-state index contributed by atoms with van der Waals surface area (Å²) in [5.74, 6) is -10.7. The van der Waals surface area contributed by atoms with Crippen molar-refractivity contribution in [3.05, 3.63) is 84.2 Å². The lowest BCUT2D eigenvalue weighted by molar-refractivity contribution is -0.154. The van der Waals surface area contributed by atoms with Crippen molar-refractivity contribution in [3.63, 3.8) is 0 Å². The minimum atomic E-state index is -5.32. The van der Waals surface area contributed by atoms with Gasteiger partial charge in [-0.2, -0.15) is 27.0 Å². The van der Waals surface area contributed by atoms with Crippen LogP contribution in [-0.2, 0) is 10.0 Å². The largest absolute Gasteiger partial charge is 0.479 e. The Balaban J connectivity index is 1.35. The number of piperidine rings is 1. The van der Waals surface area contributed by atoms with Gasteiger partial charge in [0.05, 0.1) is 11.4 Å². The lowest BCUT2D eigenvalue weighted by Crippen LogP contribution is -2.41. The van der Waals surface area contributed by atoms with Crippen molar-refractivity contribution in [3.8, 4) is 28.5 Å². The Bertz CT molecular complexity index is 2100. The zero-order valence-corrected chi connectivity index (χ0v) is 25.2. The summed E-state index contributed by atoms with van der Waals surface area (Å²) in [6.07, 6.45) is -3.61. The van der Waals surface area contributed by atoms with Gasteiger partial charge in [0.2, 0.25) is 21.7 Å². The van der Waals surface area contributed by atoms with Crippen molar-refractivity contribution in [1.29, 1.82) is 0 Å². The lowest BCUT2D eigenvalue weighted by atomic mass is 10.1. The first-order chi connectivity index (χ1) is 22.8. The van der Waals surface area contributed by atoms with Crippen molar-refractivity contribution in [2.24, 2.45) is 0 Å². The van der Waals surface area contributed by atoms with Gasteiger partial charge in [-0.15, -0.1) is 0 Å². The van der Waals surface area contributed by atoms with Crippen LogP contribution < -0.4 is 15.2 Å². The smallest absolute Gasteiger partial charge is 0.422 e. The number of hydrogen-bond donors (Lipinski definition) is 1. The predicted octanol–water partition coefficient (Wildman–Crippen LogP) is 6.39. The summed E-state index contributed by atoms with van der Waals surface area (Å²) >= 11 is 0. The van der Waals surface area contributed by atoms with E-state index in [1.807, 2.05) is 18.2 Å². The molecule has 2 aromatic heterocycles. The quantitative estimate of drug-likeness (QED) is 0.112. The third-order valence-electron chi connectivity index (χ3n) is 7.49. The lowest BCUT2D eigenvalue weighted by Gasteiger charge is -2.32. The molecule has 1 unspecified atom stereocenters. The molecular weight excluding hydrogens is 673 g/mol. The Morgan fingerprint density at radius 3 is 2.25 bits per heavy atom. The minimum absolute atomic E-state index is 0.0527. The van der Waals surface area contributed by atoms with E-state index in [0.717, 1.165) is 6.33 Å². The summed E-state index contributed by atoms with van der Waals surface area (Å²) in [7, 11) is -5.32. The number of anilines is 1. The number of nitrogens with two attached hydrogens (primary N) is 1. The molecule has 1 fully saturated rings. The first kappa shape index (κ1) is 33.0. The van der Waals surface area contributed by atoms with Gasteiger partial charge in [0, 0.05) is 18.7 Å². The number of para-hydroxylation sites is 1. The molecule has 0 radical (unpaired) electrons. The van der Waals surface area contributed by atoms with Gasteiger partial charge in [-0.1, -0.05) is 18.2 Å². The molecule has 1 saturated heterocycles. The van der Waals surface area contributed by atoms with Gasteiger partial charge >= 0.3 is 6.18 Å². The van der Waals surface area contributed by atoms with Gasteiger partial charge in [-0.25, -0.2) is 36.2 Å². The second-order valence-electron chi connectivity index (χ2n) is 10.7. The summed E-state index contributed by atoms with van der Waals surface area (Å²) < 4.78 is 136. The van der Waals surface area contributed by atoms with Crippen molar-refractivity contribution in [1.82, 2.24) is 24.1 Å². The number of aromatic nitrogens is 4. The van der Waals surface area contributed by atoms with E-state index in [1.165, 1.54) is 4.68 Å². The Morgan fingerprint density at radius 1 is 0.896 bits per heavy atom. The van der Waals surface area contributed by atoms with Gasteiger partial charge in [0.25, 0.3) is 0 Å². The fraction of sp³-hybridized carbons (Fsp3) is 0.233. The minimum Gasteiger partial charge on any atom is -0.479 e. The molecule has 3 aromatic carbocycles. The second-order valence-corrected chi connectivity index (χ2v) is 12.5. The van der Waals surface area contributed by atoms with Crippen LogP contribution in [0, 0.1) is 23.3 Å². The van der Waals surface area contributed by atoms with E-state index in [4.69, 9.17) is 10.5 Å². The molecule has 48 heavy (non-hydrogen) atoms. The van der Waals surface area contributed by atoms with Crippen LogP contribution >= 0.6 is 0 Å². The molecule has 252 valence electrons. The third-order valence-corrected chi connectivity index (χ3v) is 9.38. The monoisotopic (exact) mass is 696 g/mol. The first-order valence-corrected chi connectivity index (χ1v) is 15.6. The van der Waals surface area contributed by atoms with Crippen LogP contribution in [0.3, 0.4) is 0 Å². The van der Waals surface area contributed by atoms with Crippen LogP contribution in [0.4, 0.5) is 36.6 Å². The molecule has 6 rings (SSSR count). The Kier molecular flexibility index (Phi) is 8.63. The van der Waals surface area contributed by atoms with Gasteiger partial charge < -0.3 is 15.2 Å². The molecular formula is C30H23F7N6O4S. The van der Waals surface area contributed by atoms with Crippen molar-refractivity contribution >= 4 is 26.9 Å². The highest BCUT2D eigenvalue weighted by molar-refractivity contribution is 7.89. The van der Waals surface area contributed by atoms with E-state index in [9.17, 15) is 39.2 Å². The number of nitrogens with zero attached hydrogens (tertiary/aromatic N) is 5. The third kappa shape index (κ3) is 6.19. The van der Waals surface area contributed by atoms with Crippen LogP contribution in [0.1, 0.15) is 18.9 Å². The van der Waals surface area contributed by atoms with Gasteiger partial charge in [-0.05, 0) is 49.2 Å². The summed E-state index contributed by atoms with van der Waals surface area (Å²) in [6, 6.07) is 15.0. The number of nitrogen functional groups attached to an aromatic ring is 1. The summed E-state index contributed by atoms with van der Waals surface area (Å²) in [5, 5.41) is 4.98. The molecule has 10 nitrogen and oxygen atoms in total. The average molecular weight is 697 g/mol. The molecule has 1 aliphatic rings. The molecule has 0 saturated carbocycles. The molecule has 18 heteroatoms. The predicted molar refractivity (Wildman–Crippen MR) is 157 cm³/mol. The molecule has 1 atom stereocenters. The van der Waals surface area contributed by atoms with Crippen LogP contribution in [0.2, 0.25) is 0 Å². The zero-order chi connectivity index (χ0) is 34.4. The Hall–Kier alpha value is -4.97. The molecule has 0 amide bonds. The van der Waals surface area contributed by atoms with Crippen LogP contribution in [0.15, 0.2) is 65.8 Å². The maximum atomic E-state index is 15.0. The fourth-order valence-electron chi connectivity index (χ4n) is 5.33. The first-order valence-electron chi connectivity index (χ1n) is 14.1. The van der Waals surface area contributed by atoms with Crippen LogP contribution in [-0.4, -0.2) is 58.3 Å². The van der Waals surface area contributed by atoms with Crippen LogP contribution in [0.25, 0.3) is 22.3 Å². The van der Waals surface area contributed by atoms with Crippen molar-refractivity contribution in [2.45, 2.75) is 30.0 Å². The maximum absolute atomic E-state index is 15.0. The average Bonchev–Trinajstić information content (AvgIpc) is 3.46. The van der Waals surface area contributed by atoms with E-state index < -0.39 is 69.3 Å². The van der Waals surface area contributed by atoms with Gasteiger partial charge in [-0.3, -0.25) is 0 Å². The highest BCUT2D eigenvalue weighted by atomic mass is 32.2. The number of halogens is 7. The van der Waals surface area contributed by atoms with Crippen LogP contribution in [0.5, 0.6) is 17.2 Å². The molecule has 5 aromatic rings. The van der Waals surface area contributed by atoms with E-state index in [1.54, 1.807) is 36.4 Å². The summed E-state index contributed by atoms with van der Waals surface area (Å²) in [4.78, 5) is 6.42. The van der Waals surface area contributed by atoms with Gasteiger partial charge in [0.15, 0.2) is 34.5 Å². The molecule has 0 aliphatic carbocycles. The summed E-state index contributed by atoms with van der Waals surface area (Å²) in [5.41, 5.74) is 7.29. The molecule has 0 bridgehead atoms. The van der Waals surface area contributed by atoms with E-state index in [-0.39, 0.29) is 30.9 Å². The van der Waals surface area contributed by atoms with Gasteiger partial charge in [0.1, 0.15) is 29.3 Å². The number of fused-ring (bicyclic) bond motifs is 1. The number of sulfonamides is 1. The number of hydrogen-bond acceptors (Lipinski definition) is 8. The molecule has 3 heterocycles. The highest BCUT2D eigenvalue weighted by Crippen LogP contribution is 2.40. The molecule has 1 aliphatic heterocycles. The number of ether oxygens (including phenoxy) is 2. The number of benzene rings is 3. The normalized spacial score (nSPS) is 15.9. The number of rotatable bonds is 8. The number of alkyl halides is 3. The van der Waals surface area contributed by atoms with E-state index in [2.05, 4.69) is 19.8 Å². The topological polar surface area (TPSA) is 125 Å².